The van der Waals surface area contributed by atoms with E-state index in [1.54, 1.807) is 13.2 Å². The Morgan fingerprint density at radius 2 is 2.11 bits per heavy atom. The van der Waals surface area contributed by atoms with Gasteiger partial charge in [-0.2, -0.15) is 0 Å². The smallest absolute Gasteiger partial charge is 0.198 e. The zero-order chi connectivity index (χ0) is 13.0. The second kappa shape index (κ2) is 5.89. The van der Waals surface area contributed by atoms with E-state index in [0.717, 1.165) is 17.7 Å². The maximum absolute atomic E-state index is 6.06. The lowest BCUT2D eigenvalue weighted by molar-refractivity contribution is -0.172. The maximum atomic E-state index is 6.06. The van der Waals surface area contributed by atoms with Crippen LogP contribution in [-0.4, -0.2) is 26.9 Å². The molecular weight excluding hydrogens is 254 g/mol. The predicted molar refractivity (Wildman–Crippen MR) is 69.9 cm³/mol. The van der Waals surface area contributed by atoms with Crippen molar-refractivity contribution in [1.29, 1.82) is 0 Å². The maximum Gasteiger partial charge on any atom is 0.198 e. The van der Waals surface area contributed by atoms with E-state index < -0.39 is 5.79 Å². The van der Waals surface area contributed by atoms with Gasteiger partial charge in [-0.3, -0.25) is 0 Å². The molecule has 0 unspecified atom stereocenters. The minimum absolute atomic E-state index is 0.570. The molecule has 1 aromatic carbocycles. The Morgan fingerprint density at radius 3 is 2.72 bits per heavy atom. The lowest BCUT2D eigenvalue weighted by Gasteiger charge is -2.29. The van der Waals surface area contributed by atoms with E-state index in [9.17, 15) is 0 Å². The zero-order valence-electron chi connectivity index (χ0n) is 10.4. The molecule has 0 saturated carbocycles. The molecule has 18 heavy (non-hydrogen) atoms. The minimum atomic E-state index is -0.768. The van der Waals surface area contributed by atoms with Gasteiger partial charge in [0.15, 0.2) is 5.79 Å². The number of ether oxygens (including phenoxy) is 3. The Bertz CT molecular complexity index is 405. The largest absolute Gasteiger partial charge is 0.496 e. The fraction of sp³-hybridized carbons (Fsp3) is 0.538. The molecule has 100 valence electrons. The first-order valence-corrected chi connectivity index (χ1v) is 6.41. The highest BCUT2D eigenvalue weighted by molar-refractivity contribution is 6.30. The highest BCUT2D eigenvalue weighted by Crippen LogP contribution is 2.41. The highest BCUT2D eigenvalue weighted by Gasteiger charge is 2.40. The first kappa shape index (κ1) is 13.6. The molecule has 0 bridgehead atoms. The average molecular weight is 272 g/mol. The Balaban J connectivity index is 2.38. The van der Waals surface area contributed by atoms with E-state index in [4.69, 9.17) is 31.5 Å². The number of methoxy groups -OCH3 is 1. The van der Waals surface area contributed by atoms with E-state index in [0.29, 0.717) is 31.2 Å². The van der Waals surface area contributed by atoms with Gasteiger partial charge in [-0.1, -0.05) is 11.6 Å². The number of nitrogens with two attached hydrogens (primary N) is 1. The average Bonchev–Trinajstić information content (AvgIpc) is 2.86. The van der Waals surface area contributed by atoms with Crippen molar-refractivity contribution >= 4 is 11.6 Å². The Labute approximate surface area is 112 Å². The fourth-order valence-corrected chi connectivity index (χ4v) is 2.37. The summed E-state index contributed by atoms with van der Waals surface area (Å²) in [6, 6.07) is 5.45. The van der Waals surface area contributed by atoms with Crippen molar-refractivity contribution in [2.24, 2.45) is 5.73 Å². The molecule has 2 rings (SSSR count). The van der Waals surface area contributed by atoms with Gasteiger partial charge in [0.25, 0.3) is 0 Å². The summed E-state index contributed by atoms with van der Waals surface area (Å²) in [5.74, 6) is -0.0476. The van der Waals surface area contributed by atoms with Crippen LogP contribution in [0.3, 0.4) is 0 Å². The number of benzene rings is 1. The quantitative estimate of drug-likeness (QED) is 0.893. The Morgan fingerprint density at radius 1 is 1.39 bits per heavy atom. The van der Waals surface area contributed by atoms with Crippen molar-refractivity contribution in [1.82, 2.24) is 0 Å². The van der Waals surface area contributed by atoms with Crippen LogP contribution in [0.25, 0.3) is 0 Å². The second-order valence-corrected chi connectivity index (χ2v) is 4.62. The summed E-state index contributed by atoms with van der Waals surface area (Å²) in [6.45, 7) is 1.73. The second-order valence-electron chi connectivity index (χ2n) is 4.19. The molecule has 1 aliphatic rings. The summed E-state index contributed by atoms with van der Waals surface area (Å²) in [6.07, 6.45) is 1.51. The van der Waals surface area contributed by atoms with Crippen LogP contribution in [0.2, 0.25) is 5.02 Å². The molecule has 0 radical (unpaired) electrons. The first-order valence-electron chi connectivity index (χ1n) is 6.04. The molecule has 1 fully saturated rings. The van der Waals surface area contributed by atoms with Crippen molar-refractivity contribution < 1.29 is 14.2 Å². The van der Waals surface area contributed by atoms with Crippen molar-refractivity contribution in [2.75, 3.05) is 26.9 Å². The third kappa shape index (κ3) is 2.62. The van der Waals surface area contributed by atoms with Crippen LogP contribution in [-0.2, 0) is 15.3 Å². The summed E-state index contributed by atoms with van der Waals surface area (Å²) in [7, 11) is 1.62. The van der Waals surface area contributed by atoms with Crippen LogP contribution in [0.15, 0.2) is 18.2 Å². The van der Waals surface area contributed by atoms with E-state index in [1.807, 2.05) is 12.1 Å². The summed E-state index contributed by atoms with van der Waals surface area (Å²) >= 11 is 6.06. The van der Waals surface area contributed by atoms with Crippen LogP contribution >= 0.6 is 11.6 Å². The van der Waals surface area contributed by atoms with Gasteiger partial charge in [0.05, 0.1) is 25.9 Å². The van der Waals surface area contributed by atoms with Crippen molar-refractivity contribution in [3.8, 4) is 5.75 Å². The van der Waals surface area contributed by atoms with Gasteiger partial charge < -0.3 is 19.9 Å². The fourth-order valence-electron chi connectivity index (χ4n) is 2.20. The van der Waals surface area contributed by atoms with Crippen LogP contribution in [0, 0.1) is 0 Å². The number of halogens is 1. The Hall–Kier alpha value is -0.810. The molecule has 0 aliphatic carbocycles. The van der Waals surface area contributed by atoms with Gasteiger partial charge in [0.2, 0.25) is 0 Å². The number of hydrogen-bond acceptors (Lipinski definition) is 4. The monoisotopic (exact) mass is 271 g/mol. The van der Waals surface area contributed by atoms with Gasteiger partial charge in [-0.05, 0) is 31.2 Å². The summed E-state index contributed by atoms with van der Waals surface area (Å²) in [4.78, 5) is 0. The third-order valence-electron chi connectivity index (χ3n) is 3.04. The first-order chi connectivity index (χ1) is 8.72. The van der Waals surface area contributed by atoms with Crippen molar-refractivity contribution in [3.05, 3.63) is 28.8 Å². The van der Waals surface area contributed by atoms with E-state index in [-0.39, 0.29) is 0 Å². The number of rotatable bonds is 5. The van der Waals surface area contributed by atoms with Gasteiger partial charge in [0.1, 0.15) is 5.75 Å². The third-order valence-corrected chi connectivity index (χ3v) is 3.27. The molecule has 0 atom stereocenters. The normalized spacial score (nSPS) is 17.9. The predicted octanol–water partition coefficient (Wildman–Crippen LogP) is 2.29. The molecule has 1 aromatic rings. The molecule has 2 N–H and O–H groups in total. The molecule has 1 saturated heterocycles. The summed E-state index contributed by atoms with van der Waals surface area (Å²) in [5, 5.41) is 0.636. The highest BCUT2D eigenvalue weighted by atomic mass is 35.5. The van der Waals surface area contributed by atoms with Gasteiger partial charge in [-0.25, -0.2) is 0 Å². The molecule has 0 spiro atoms. The zero-order valence-corrected chi connectivity index (χ0v) is 11.2. The molecule has 1 heterocycles. The molecule has 0 amide bonds. The Kier molecular flexibility index (Phi) is 4.45. The van der Waals surface area contributed by atoms with E-state index >= 15 is 0 Å². The van der Waals surface area contributed by atoms with Gasteiger partial charge >= 0.3 is 0 Å². The SMILES string of the molecule is COc1ccc(Cl)cc1C1(CCCN)OCCO1. The van der Waals surface area contributed by atoms with E-state index in [2.05, 4.69) is 0 Å². The van der Waals surface area contributed by atoms with Crippen molar-refractivity contribution in [2.45, 2.75) is 18.6 Å². The number of hydrogen-bond donors (Lipinski definition) is 1. The summed E-state index contributed by atoms with van der Waals surface area (Å²) < 4.78 is 17.0. The van der Waals surface area contributed by atoms with Crippen LogP contribution in [0.1, 0.15) is 18.4 Å². The molecule has 5 heteroatoms. The molecule has 0 aromatic heterocycles. The van der Waals surface area contributed by atoms with E-state index in [1.165, 1.54) is 0 Å². The topological polar surface area (TPSA) is 53.7 Å². The van der Waals surface area contributed by atoms with Crippen LogP contribution in [0.4, 0.5) is 0 Å². The van der Waals surface area contributed by atoms with Crippen molar-refractivity contribution in [3.63, 3.8) is 0 Å². The summed E-state index contributed by atoms with van der Waals surface area (Å²) in [5.41, 5.74) is 6.41. The lowest BCUT2D eigenvalue weighted by Crippen LogP contribution is -2.28. The van der Waals surface area contributed by atoms with Gasteiger partial charge in [0, 0.05) is 11.4 Å². The van der Waals surface area contributed by atoms with Crippen LogP contribution in [0.5, 0.6) is 5.75 Å². The molecular formula is C13H18ClNO3. The van der Waals surface area contributed by atoms with Gasteiger partial charge in [-0.15, -0.1) is 0 Å². The lowest BCUT2D eigenvalue weighted by atomic mass is 9.99. The molecule has 4 nitrogen and oxygen atoms in total. The minimum Gasteiger partial charge on any atom is -0.496 e. The molecule has 1 aliphatic heterocycles. The standard InChI is InChI=1S/C13H18ClNO3/c1-16-12-4-3-10(14)9-11(12)13(5-2-6-15)17-7-8-18-13/h3-4,9H,2,5-8,15H2,1H3. The van der Waals surface area contributed by atoms with Crippen LogP contribution < -0.4 is 10.5 Å².